The van der Waals surface area contributed by atoms with Gasteiger partial charge in [0.15, 0.2) is 0 Å². The fourth-order valence-electron chi connectivity index (χ4n) is 2.67. The van der Waals surface area contributed by atoms with E-state index in [1.165, 1.54) is 12.1 Å². The predicted molar refractivity (Wildman–Crippen MR) is 93.6 cm³/mol. The summed E-state index contributed by atoms with van der Waals surface area (Å²) in [6, 6.07) is 6.26. The number of hydrogen-bond donors (Lipinski definition) is 2. The standard InChI is InChI=1S/C17H26FN3O.ClH/c1-17(2,14-5-3-6-15(18)13-14)16(22)20-7-4-10-21-11-8-19-9-12-21;/h3,5-6,13,19H,4,7-12H2,1-2H3,(H,20,22);1H. The van der Waals surface area contributed by atoms with Gasteiger partial charge in [0.25, 0.3) is 0 Å². The van der Waals surface area contributed by atoms with E-state index in [0.717, 1.165) is 39.1 Å². The fraction of sp³-hybridized carbons (Fsp3) is 0.588. The summed E-state index contributed by atoms with van der Waals surface area (Å²) in [5.74, 6) is -0.365. The molecule has 23 heavy (non-hydrogen) atoms. The van der Waals surface area contributed by atoms with Crippen LogP contribution in [0.4, 0.5) is 4.39 Å². The molecule has 0 saturated carbocycles. The van der Waals surface area contributed by atoms with Crippen LogP contribution in [-0.2, 0) is 10.2 Å². The van der Waals surface area contributed by atoms with Gasteiger partial charge >= 0.3 is 0 Å². The number of nitrogens with one attached hydrogen (secondary N) is 2. The Hall–Kier alpha value is -1.17. The van der Waals surface area contributed by atoms with Gasteiger partial charge in [0.1, 0.15) is 5.82 Å². The van der Waals surface area contributed by atoms with Gasteiger partial charge in [0.2, 0.25) is 5.91 Å². The number of benzene rings is 1. The van der Waals surface area contributed by atoms with E-state index in [1.54, 1.807) is 12.1 Å². The van der Waals surface area contributed by atoms with Crippen LogP contribution >= 0.6 is 12.4 Å². The number of carbonyl (C=O) groups is 1. The van der Waals surface area contributed by atoms with Gasteiger partial charge in [-0.15, -0.1) is 12.4 Å². The molecule has 1 fully saturated rings. The van der Waals surface area contributed by atoms with Crippen LogP contribution in [-0.4, -0.2) is 50.1 Å². The second-order valence-corrected chi connectivity index (χ2v) is 6.34. The summed E-state index contributed by atoms with van der Waals surface area (Å²) in [5.41, 5.74) is -0.0240. The first-order valence-corrected chi connectivity index (χ1v) is 7.97. The molecule has 1 aliphatic heterocycles. The molecule has 1 saturated heterocycles. The van der Waals surface area contributed by atoms with Crippen molar-refractivity contribution in [2.45, 2.75) is 25.7 Å². The Bertz CT molecular complexity index is 504. The molecule has 0 aromatic heterocycles. The summed E-state index contributed by atoms with van der Waals surface area (Å²) < 4.78 is 13.3. The van der Waals surface area contributed by atoms with Gasteiger partial charge in [-0.1, -0.05) is 12.1 Å². The molecule has 0 spiro atoms. The highest BCUT2D eigenvalue weighted by Crippen LogP contribution is 2.23. The zero-order chi connectivity index (χ0) is 16.0. The van der Waals surface area contributed by atoms with Crippen LogP contribution in [0.1, 0.15) is 25.8 Å². The third-order valence-corrected chi connectivity index (χ3v) is 4.26. The molecule has 6 heteroatoms. The largest absolute Gasteiger partial charge is 0.355 e. The maximum atomic E-state index is 13.3. The molecule has 0 unspecified atom stereocenters. The Balaban J connectivity index is 0.00000264. The number of carbonyl (C=O) groups excluding carboxylic acids is 1. The van der Waals surface area contributed by atoms with Gasteiger partial charge in [-0.25, -0.2) is 4.39 Å². The summed E-state index contributed by atoms with van der Waals surface area (Å²) in [6.45, 7) is 9.54. The maximum Gasteiger partial charge on any atom is 0.230 e. The normalized spacial score (nSPS) is 15.8. The van der Waals surface area contributed by atoms with Gasteiger partial charge in [-0.3, -0.25) is 4.79 Å². The van der Waals surface area contributed by atoms with Crippen molar-refractivity contribution in [2.75, 3.05) is 39.3 Å². The third-order valence-electron chi connectivity index (χ3n) is 4.26. The maximum absolute atomic E-state index is 13.3. The molecule has 1 amide bonds. The highest BCUT2D eigenvalue weighted by Gasteiger charge is 2.29. The summed E-state index contributed by atoms with van der Waals surface area (Å²) in [4.78, 5) is 14.8. The molecule has 0 aliphatic carbocycles. The summed E-state index contributed by atoms with van der Waals surface area (Å²) in [6.07, 6.45) is 0.935. The van der Waals surface area contributed by atoms with Crippen molar-refractivity contribution < 1.29 is 9.18 Å². The van der Waals surface area contributed by atoms with E-state index in [4.69, 9.17) is 0 Å². The lowest BCUT2D eigenvalue weighted by molar-refractivity contribution is -0.125. The lowest BCUT2D eigenvalue weighted by Crippen LogP contribution is -2.45. The van der Waals surface area contributed by atoms with Gasteiger partial charge < -0.3 is 15.5 Å². The molecule has 2 N–H and O–H groups in total. The quantitative estimate of drug-likeness (QED) is 0.776. The van der Waals surface area contributed by atoms with Crippen molar-refractivity contribution in [3.8, 4) is 0 Å². The number of rotatable bonds is 6. The SMILES string of the molecule is CC(C)(C(=O)NCCCN1CCNCC1)c1cccc(F)c1.Cl. The first-order valence-electron chi connectivity index (χ1n) is 7.97. The van der Waals surface area contributed by atoms with Gasteiger partial charge in [-0.05, 0) is 44.5 Å². The minimum Gasteiger partial charge on any atom is -0.355 e. The van der Waals surface area contributed by atoms with Crippen LogP contribution < -0.4 is 10.6 Å². The lowest BCUT2D eigenvalue weighted by Gasteiger charge is -2.28. The van der Waals surface area contributed by atoms with E-state index in [9.17, 15) is 9.18 Å². The molecule has 2 rings (SSSR count). The molecular formula is C17H27ClFN3O. The van der Waals surface area contributed by atoms with Gasteiger partial charge in [-0.2, -0.15) is 0 Å². The van der Waals surface area contributed by atoms with Crippen LogP contribution in [0, 0.1) is 5.82 Å². The Morgan fingerprint density at radius 2 is 2.04 bits per heavy atom. The minimum absolute atomic E-state index is 0. The van der Waals surface area contributed by atoms with Gasteiger partial charge in [0.05, 0.1) is 5.41 Å². The van der Waals surface area contributed by atoms with Crippen LogP contribution in [0.3, 0.4) is 0 Å². The van der Waals surface area contributed by atoms with Crippen molar-refractivity contribution in [3.63, 3.8) is 0 Å². The van der Waals surface area contributed by atoms with E-state index in [1.807, 2.05) is 13.8 Å². The summed E-state index contributed by atoms with van der Waals surface area (Å²) >= 11 is 0. The molecule has 1 heterocycles. The first kappa shape index (κ1) is 19.9. The molecule has 1 aromatic rings. The average Bonchev–Trinajstić information content (AvgIpc) is 2.52. The molecule has 4 nitrogen and oxygen atoms in total. The Kier molecular flexibility index (Phi) is 7.95. The summed E-state index contributed by atoms with van der Waals surface area (Å²) in [7, 11) is 0. The molecule has 1 aromatic carbocycles. The van der Waals surface area contributed by atoms with Crippen molar-refractivity contribution in [1.82, 2.24) is 15.5 Å². The molecule has 0 bridgehead atoms. The molecule has 1 aliphatic rings. The van der Waals surface area contributed by atoms with E-state index in [0.29, 0.717) is 12.1 Å². The van der Waals surface area contributed by atoms with Crippen LogP contribution in [0.25, 0.3) is 0 Å². The first-order chi connectivity index (χ1) is 10.5. The highest BCUT2D eigenvalue weighted by atomic mass is 35.5. The van der Waals surface area contributed by atoms with Crippen LogP contribution in [0.15, 0.2) is 24.3 Å². The average molecular weight is 344 g/mol. The lowest BCUT2D eigenvalue weighted by atomic mass is 9.83. The number of hydrogen-bond acceptors (Lipinski definition) is 3. The Morgan fingerprint density at radius 3 is 2.70 bits per heavy atom. The van der Waals surface area contributed by atoms with Crippen molar-refractivity contribution >= 4 is 18.3 Å². The third kappa shape index (κ3) is 5.75. The zero-order valence-electron chi connectivity index (χ0n) is 13.9. The fourth-order valence-corrected chi connectivity index (χ4v) is 2.67. The Morgan fingerprint density at radius 1 is 1.35 bits per heavy atom. The number of halogens is 2. The van der Waals surface area contributed by atoms with E-state index >= 15 is 0 Å². The van der Waals surface area contributed by atoms with E-state index < -0.39 is 5.41 Å². The monoisotopic (exact) mass is 343 g/mol. The predicted octanol–water partition coefficient (Wildman–Crippen LogP) is 1.94. The van der Waals surface area contributed by atoms with Gasteiger partial charge in [0, 0.05) is 32.7 Å². The summed E-state index contributed by atoms with van der Waals surface area (Å²) in [5, 5.41) is 6.30. The molecule has 0 radical (unpaired) electrons. The van der Waals surface area contributed by atoms with E-state index in [2.05, 4.69) is 15.5 Å². The molecular weight excluding hydrogens is 317 g/mol. The Labute approximate surface area is 144 Å². The minimum atomic E-state index is -0.725. The number of nitrogens with zero attached hydrogens (tertiary/aromatic N) is 1. The second-order valence-electron chi connectivity index (χ2n) is 6.34. The molecule has 130 valence electrons. The second kappa shape index (κ2) is 9.21. The van der Waals surface area contributed by atoms with Crippen molar-refractivity contribution in [3.05, 3.63) is 35.6 Å². The van der Waals surface area contributed by atoms with Crippen LogP contribution in [0.5, 0.6) is 0 Å². The molecule has 0 atom stereocenters. The topological polar surface area (TPSA) is 44.4 Å². The van der Waals surface area contributed by atoms with Crippen molar-refractivity contribution in [2.24, 2.45) is 0 Å². The van der Waals surface area contributed by atoms with Crippen LogP contribution in [0.2, 0.25) is 0 Å². The highest BCUT2D eigenvalue weighted by molar-refractivity contribution is 5.87. The smallest absolute Gasteiger partial charge is 0.230 e. The van der Waals surface area contributed by atoms with E-state index in [-0.39, 0.29) is 24.1 Å². The number of piperazine rings is 1. The number of amides is 1. The van der Waals surface area contributed by atoms with Crippen molar-refractivity contribution in [1.29, 1.82) is 0 Å². The zero-order valence-corrected chi connectivity index (χ0v) is 14.7.